The Morgan fingerprint density at radius 2 is 1.73 bits per heavy atom. The number of nitrogens with zero attached hydrogens (tertiary/aromatic N) is 2. The van der Waals surface area contributed by atoms with Crippen molar-refractivity contribution in [3.05, 3.63) is 76.4 Å². The lowest BCUT2D eigenvalue weighted by Gasteiger charge is -2.19. The van der Waals surface area contributed by atoms with Crippen LogP contribution in [-0.4, -0.2) is 28.2 Å². The molecule has 0 fully saturated rings. The topological polar surface area (TPSA) is 92.3 Å². The number of thiocyanates is 1. The van der Waals surface area contributed by atoms with Gasteiger partial charge in [0.15, 0.2) is 0 Å². The number of aromatic nitrogens is 1. The highest BCUT2D eigenvalue weighted by molar-refractivity contribution is 8.04. The summed E-state index contributed by atoms with van der Waals surface area (Å²) in [6.07, 6.45) is 0. The summed E-state index contributed by atoms with van der Waals surface area (Å²) in [5.74, 6) is -2.07. The zero-order chi connectivity index (χ0) is 21.7. The first kappa shape index (κ1) is 21.3. The van der Waals surface area contributed by atoms with Crippen LogP contribution in [0, 0.1) is 15.3 Å². The fourth-order valence-corrected chi connectivity index (χ4v) is 3.95. The van der Waals surface area contributed by atoms with E-state index in [1.165, 1.54) is 0 Å². The molecular formula is C22H16N2O4S2. The predicted molar refractivity (Wildman–Crippen MR) is 116 cm³/mol. The van der Waals surface area contributed by atoms with Gasteiger partial charge in [0.1, 0.15) is 15.6 Å². The van der Waals surface area contributed by atoms with Crippen LogP contribution in [0.5, 0.6) is 5.88 Å². The molecule has 0 aliphatic carbocycles. The minimum atomic E-state index is -0.821. The lowest BCUT2D eigenvalue weighted by molar-refractivity contribution is 0.0522. The summed E-state index contributed by atoms with van der Waals surface area (Å²) in [4.78, 5) is 26.1. The quantitative estimate of drug-likeness (QED) is 0.260. The summed E-state index contributed by atoms with van der Waals surface area (Å²) < 4.78 is 5.93. The molecule has 0 radical (unpaired) electrons. The van der Waals surface area contributed by atoms with Gasteiger partial charge >= 0.3 is 5.97 Å². The first-order valence-electron chi connectivity index (χ1n) is 8.91. The van der Waals surface area contributed by atoms with Crippen molar-refractivity contribution >= 4 is 35.9 Å². The maximum atomic E-state index is 13.1. The van der Waals surface area contributed by atoms with Crippen LogP contribution in [0.25, 0.3) is 11.1 Å². The molecule has 0 unspecified atom stereocenters. The van der Waals surface area contributed by atoms with E-state index >= 15 is 0 Å². The van der Waals surface area contributed by atoms with Crippen LogP contribution >= 0.6 is 24.0 Å². The van der Waals surface area contributed by atoms with Gasteiger partial charge in [0.25, 0.3) is 5.91 Å². The summed E-state index contributed by atoms with van der Waals surface area (Å²) in [5.41, 5.74) is 0.844. The smallest absolute Gasteiger partial charge is 0.344 e. The molecule has 8 heteroatoms. The lowest BCUT2D eigenvalue weighted by Crippen LogP contribution is -2.19. The van der Waals surface area contributed by atoms with Crippen molar-refractivity contribution in [2.75, 3.05) is 6.61 Å². The van der Waals surface area contributed by atoms with Gasteiger partial charge in [-0.25, -0.2) is 9.36 Å². The average Bonchev–Trinajstić information content (AvgIpc) is 2.76. The molecule has 0 bridgehead atoms. The lowest BCUT2D eigenvalue weighted by atomic mass is 10.0. The normalized spacial score (nSPS) is 10.3. The zero-order valence-electron chi connectivity index (χ0n) is 15.9. The summed E-state index contributed by atoms with van der Waals surface area (Å²) >= 11 is 6.20. The highest BCUT2D eigenvalue weighted by Crippen LogP contribution is 2.40. The molecule has 1 aromatic heterocycles. The van der Waals surface area contributed by atoms with Crippen molar-refractivity contribution in [1.29, 1.82) is 5.26 Å². The van der Waals surface area contributed by atoms with Crippen LogP contribution < -0.4 is 0 Å². The van der Waals surface area contributed by atoms with E-state index in [1.54, 1.807) is 67.6 Å². The van der Waals surface area contributed by atoms with E-state index in [0.29, 0.717) is 5.56 Å². The SMILES string of the molecule is CCOC(=O)c1c(-c2ccccc2)c(SC#N)c(=S)n(C(=O)c2ccccc2)c1O. The summed E-state index contributed by atoms with van der Waals surface area (Å²) in [6.45, 7) is 1.70. The Morgan fingerprint density at radius 1 is 1.13 bits per heavy atom. The van der Waals surface area contributed by atoms with Gasteiger partial charge in [-0.05, 0) is 36.4 Å². The average molecular weight is 437 g/mol. The maximum Gasteiger partial charge on any atom is 0.344 e. The van der Waals surface area contributed by atoms with Crippen LogP contribution in [-0.2, 0) is 4.74 Å². The number of pyridine rings is 1. The Labute approximate surface area is 182 Å². The Bertz CT molecular complexity index is 1200. The van der Waals surface area contributed by atoms with Crippen molar-refractivity contribution in [1.82, 2.24) is 4.57 Å². The Hall–Kier alpha value is -3.41. The monoisotopic (exact) mass is 436 g/mol. The van der Waals surface area contributed by atoms with Gasteiger partial charge in [-0.15, -0.1) is 0 Å². The fourth-order valence-electron chi connectivity index (χ4n) is 2.96. The highest BCUT2D eigenvalue weighted by Gasteiger charge is 2.29. The van der Waals surface area contributed by atoms with Crippen molar-refractivity contribution < 1.29 is 19.4 Å². The number of hydrogen-bond acceptors (Lipinski definition) is 7. The fraction of sp³-hybridized carbons (Fsp3) is 0.0909. The minimum Gasteiger partial charge on any atom is -0.493 e. The first-order chi connectivity index (χ1) is 14.5. The number of aromatic hydroxyl groups is 1. The second kappa shape index (κ2) is 9.39. The van der Waals surface area contributed by atoms with E-state index in [2.05, 4.69) is 0 Å². The molecule has 150 valence electrons. The van der Waals surface area contributed by atoms with E-state index in [0.717, 1.165) is 16.3 Å². The molecule has 6 nitrogen and oxygen atoms in total. The second-order valence-corrected chi connectivity index (χ2v) is 7.18. The third kappa shape index (κ3) is 3.99. The van der Waals surface area contributed by atoms with E-state index in [-0.39, 0.29) is 32.8 Å². The van der Waals surface area contributed by atoms with Crippen molar-refractivity contribution in [3.63, 3.8) is 0 Å². The van der Waals surface area contributed by atoms with E-state index < -0.39 is 17.8 Å². The molecule has 0 saturated heterocycles. The van der Waals surface area contributed by atoms with E-state index in [9.17, 15) is 20.0 Å². The van der Waals surface area contributed by atoms with Gasteiger partial charge in [0.2, 0.25) is 5.88 Å². The number of nitriles is 1. The molecule has 3 rings (SSSR count). The van der Waals surface area contributed by atoms with E-state index in [4.69, 9.17) is 17.0 Å². The molecule has 3 aromatic rings. The van der Waals surface area contributed by atoms with Crippen molar-refractivity contribution in [2.24, 2.45) is 0 Å². The van der Waals surface area contributed by atoms with E-state index in [1.807, 2.05) is 5.40 Å². The minimum absolute atomic E-state index is 0.0650. The Balaban J connectivity index is 2.42. The largest absolute Gasteiger partial charge is 0.493 e. The number of carbonyl (C=O) groups excluding carboxylic acids is 2. The van der Waals surface area contributed by atoms with Crippen molar-refractivity contribution in [2.45, 2.75) is 11.8 Å². The van der Waals surface area contributed by atoms with Gasteiger partial charge in [-0.1, -0.05) is 60.7 Å². The molecule has 1 heterocycles. The van der Waals surface area contributed by atoms with Crippen LogP contribution in [0.3, 0.4) is 0 Å². The number of hydrogen-bond donors (Lipinski definition) is 1. The molecule has 2 aromatic carbocycles. The molecule has 0 atom stereocenters. The number of carbonyl (C=O) groups is 2. The molecule has 0 spiro atoms. The van der Waals surface area contributed by atoms with Crippen LogP contribution in [0.1, 0.15) is 27.6 Å². The van der Waals surface area contributed by atoms with Crippen molar-refractivity contribution in [3.8, 4) is 22.4 Å². The number of ether oxygens (including phenoxy) is 1. The van der Waals surface area contributed by atoms with Crippen LogP contribution in [0.15, 0.2) is 65.6 Å². The Morgan fingerprint density at radius 3 is 2.30 bits per heavy atom. The molecular weight excluding hydrogens is 420 g/mol. The second-order valence-electron chi connectivity index (χ2n) is 5.99. The Kier molecular flexibility index (Phi) is 6.67. The first-order valence-corrected chi connectivity index (χ1v) is 10.1. The van der Waals surface area contributed by atoms with Crippen LogP contribution in [0.4, 0.5) is 0 Å². The highest BCUT2D eigenvalue weighted by atomic mass is 32.2. The summed E-state index contributed by atoms with van der Waals surface area (Å²) in [6, 6.07) is 17.0. The van der Waals surface area contributed by atoms with Gasteiger partial charge < -0.3 is 9.84 Å². The number of esters is 1. The summed E-state index contributed by atoms with van der Waals surface area (Å²) in [5, 5.41) is 22.3. The third-order valence-electron chi connectivity index (χ3n) is 4.22. The van der Waals surface area contributed by atoms with Gasteiger partial charge in [-0.3, -0.25) is 4.79 Å². The predicted octanol–water partition coefficient (Wildman–Crippen LogP) is 5.03. The molecule has 1 N–H and O–H groups in total. The third-order valence-corrected chi connectivity index (χ3v) is 5.43. The molecule has 0 aliphatic heterocycles. The van der Waals surface area contributed by atoms with Gasteiger partial charge in [0.05, 0.1) is 11.5 Å². The number of thioether (sulfide) groups is 1. The molecule has 0 amide bonds. The summed E-state index contributed by atoms with van der Waals surface area (Å²) in [7, 11) is 0. The molecule has 0 aliphatic rings. The number of benzene rings is 2. The maximum absolute atomic E-state index is 13.1. The van der Waals surface area contributed by atoms with Gasteiger partial charge in [-0.2, -0.15) is 5.26 Å². The number of rotatable bonds is 5. The molecule has 0 saturated carbocycles. The standard InChI is InChI=1S/C22H16N2O4S2/c1-2-28-22(27)17-16(14-9-5-3-6-10-14)18(30-13-23)21(29)24(20(17)26)19(25)15-11-7-4-8-12-15/h3-12,26H,2H2,1H3. The van der Waals surface area contributed by atoms with Gasteiger partial charge in [0, 0.05) is 11.1 Å². The zero-order valence-corrected chi connectivity index (χ0v) is 17.5. The molecule has 30 heavy (non-hydrogen) atoms. The van der Waals surface area contributed by atoms with Crippen LogP contribution in [0.2, 0.25) is 0 Å².